The second kappa shape index (κ2) is 3.99. The maximum atomic E-state index is 8.96. The lowest BCUT2D eigenvalue weighted by Gasteiger charge is -1.98. The van der Waals surface area contributed by atoms with Crippen molar-refractivity contribution in [2.75, 3.05) is 0 Å². The molecule has 0 amide bonds. The quantitative estimate of drug-likeness (QED) is 0.706. The van der Waals surface area contributed by atoms with Gasteiger partial charge in [-0.25, -0.2) is 4.98 Å². The number of aromatic nitrogens is 2. The zero-order chi connectivity index (χ0) is 11.8. The summed E-state index contributed by atoms with van der Waals surface area (Å²) in [5.41, 5.74) is 3.10. The minimum Gasteiger partial charge on any atom is -0.290 e. The van der Waals surface area contributed by atoms with Crippen molar-refractivity contribution >= 4 is 27.6 Å². The number of nitrogens with zero attached hydrogens (tertiary/aromatic N) is 3. The summed E-state index contributed by atoms with van der Waals surface area (Å²) in [7, 11) is 0. The zero-order valence-electron chi connectivity index (χ0n) is 9.17. The summed E-state index contributed by atoms with van der Waals surface area (Å²) >= 11 is 3.28. The highest BCUT2D eigenvalue weighted by Gasteiger charge is 2.16. The van der Waals surface area contributed by atoms with Gasteiger partial charge in [-0.2, -0.15) is 5.26 Å². The van der Waals surface area contributed by atoms with Crippen molar-refractivity contribution in [1.82, 2.24) is 9.38 Å². The minimum atomic E-state index is 0.395. The van der Waals surface area contributed by atoms with Gasteiger partial charge in [0.15, 0.2) is 4.96 Å². The first-order valence-corrected chi connectivity index (χ1v) is 6.93. The molecule has 0 saturated heterocycles. The number of aryl methyl sites for hydroxylation is 1. The molecule has 17 heavy (non-hydrogen) atoms. The average molecular weight is 259 g/mol. The molecule has 5 heteroatoms. The van der Waals surface area contributed by atoms with Crippen LogP contribution in [0.4, 0.5) is 0 Å². The lowest BCUT2D eigenvalue weighted by Crippen LogP contribution is -1.93. The molecule has 0 fully saturated rings. The molecule has 3 aromatic rings. The maximum Gasteiger partial charge on any atom is 0.194 e. The summed E-state index contributed by atoms with van der Waals surface area (Å²) in [4.78, 5) is 6.73. The van der Waals surface area contributed by atoms with Crippen molar-refractivity contribution in [3.05, 3.63) is 34.3 Å². The second-order valence-corrected chi connectivity index (χ2v) is 5.50. The molecule has 0 aromatic carbocycles. The van der Waals surface area contributed by atoms with Crippen LogP contribution in [0, 0.1) is 18.3 Å². The number of rotatable bonds is 2. The number of thiazole rings is 1. The summed E-state index contributed by atoms with van der Waals surface area (Å²) in [5.74, 6) is 0. The van der Waals surface area contributed by atoms with Crippen LogP contribution < -0.4 is 0 Å². The Bertz CT molecular complexity index is 698. The van der Waals surface area contributed by atoms with Gasteiger partial charge in [-0.15, -0.1) is 22.7 Å². The molecule has 0 spiro atoms. The molecule has 0 unspecified atom stereocenters. The number of nitriles is 1. The molecule has 0 atom stereocenters. The van der Waals surface area contributed by atoms with Gasteiger partial charge in [0.2, 0.25) is 0 Å². The van der Waals surface area contributed by atoms with Crippen LogP contribution in [-0.4, -0.2) is 9.38 Å². The minimum absolute atomic E-state index is 0.395. The smallest absolute Gasteiger partial charge is 0.194 e. The van der Waals surface area contributed by atoms with Gasteiger partial charge in [0, 0.05) is 11.1 Å². The average Bonchev–Trinajstić information content (AvgIpc) is 2.98. The molecular formula is C12H9N3S2. The van der Waals surface area contributed by atoms with Gasteiger partial charge in [-0.3, -0.25) is 4.40 Å². The number of imidazole rings is 1. The number of fused-ring (bicyclic) bond motifs is 1. The fourth-order valence-electron chi connectivity index (χ4n) is 1.91. The van der Waals surface area contributed by atoms with Gasteiger partial charge in [0.05, 0.1) is 23.1 Å². The highest BCUT2D eigenvalue weighted by Crippen LogP contribution is 2.31. The summed E-state index contributed by atoms with van der Waals surface area (Å²) in [6.07, 6.45) is 0.395. The maximum absolute atomic E-state index is 8.96. The Morgan fingerprint density at radius 2 is 2.35 bits per heavy atom. The molecule has 0 aliphatic rings. The van der Waals surface area contributed by atoms with Gasteiger partial charge >= 0.3 is 0 Å². The highest BCUT2D eigenvalue weighted by molar-refractivity contribution is 7.15. The predicted molar refractivity (Wildman–Crippen MR) is 70.4 cm³/mol. The molecule has 0 aliphatic carbocycles. The highest BCUT2D eigenvalue weighted by atomic mass is 32.1. The van der Waals surface area contributed by atoms with E-state index in [0.29, 0.717) is 6.42 Å². The SMILES string of the molecule is Cc1csc2nc(-c3cccs3)c(CC#N)n12. The topological polar surface area (TPSA) is 41.1 Å². The van der Waals surface area contributed by atoms with Crippen molar-refractivity contribution in [3.63, 3.8) is 0 Å². The fraction of sp³-hybridized carbons (Fsp3) is 0.167. The van der Waals surface area contributed by atoms with Gasteiger partial charge in [-0.1, -0.05) is 6.07 Å². The predicted octanol–water partition coefficient (Wildman–Crippen LogP) is 3.50. The molecule has 3 rings (SSSR count). The van der Waals surface area contributed by atoms with Crippen LogP contribution in [0.15, 0.2) is 22.9 Å². The van der Waals surface area contributed by atoms with E-state index in [9.17, 15) is 0 Å². The molecule has 0 aliphatic heterocycles. The Balaban J connectivity index is 2.31. The molecule has 0 bridgehead atoms. The lowest BCUT2D eigenvalue weighted by atomic mass is 10.2. The van der Waals surface area contributed by atoms with Gasteiger partial charge < -0.3 is 0 Å². The van der Waals surface area contributed by atoms with Crippen LogP contribution >= 0.6 is 22.7 Å². The third-order valence-electron chi connectivity index (χ3n) is 2.63. The standard InChI is InChI=1S/C12H9N3S2/c1-8-7-17-12-14-11(10-3-2-6-16-10)9(4-5-13)15(8)12/h2-3,6-7H,4H2,1H3. The number of thiophene rings is 1. The zero-order valence-corrected chi connectivity index (χ0v) is 10.8. The largest absolute Gasteiger partial charge is 0.290 e. The van der Waals surface area contributed by atoms with E-state index in [1.807, 2.05) is 24.4 Å². The van der Waals surface area contributed by atoms with Crippen molar-refractivity contribution in [2.24, 2.45) is 0 Å². The van der Waals surface area contributed by atoms with E-state index in [1.54, 1.807) is 22.7 Å². The molecular weight excluding hydrogens is 250 g/mol. The number of hydrogen-bond acceptors (Lipinski definition) is 4. The van der Waals surface area contributed by atoms with Crippen molar-refractivity contribution in [1.29, 1.82) is 5.26 Å². The molecule has 3 nitrogen and oxygen atoms in total. The van der Waals surface area contributed by atoms with Crippen molar-refractivity contribution in [2.45, 2.75) is 13.3 Å². The van der Waals surface area contributed by atoms with E-state index in [-0.39, 0.29) is 0 Å². The van der Waals surface area contributed by atoms with Crippen LogP contribution in [-0.2, 0) is 6.42 Å². The summed E-state index contributed by atoms with van der Waals surface area (Å²) in [6.45, 7) is 2.05. The van der Waals surface area contributed by atoms with Crippen molar-refractivity contribution < 1.29 is 0 Å². The first-order valence-electron chi connectivity index (χ1n) is 5.17. The Kier molecular flexibility index (Phi) is 2.46. The fourth-order valence-corrected chi connectivity index (χ4v) is 3.53. The Morgan fingerprint density at radius 1 is 1.47 bits per heavy atom. The number of hydrogen-bond donors (Lipinski definition) is 0. The van der Waals surface area contributed by atoms with E-state index in [4.69, 9.17) is 5.26 Å². The van der Waals surface area contributed by atoms with Gasteiger partial charge in [0.1, 0.15) is 5.69 Å². The second-order valence-electron chi connectivity index (χ2n) is 3.71. The summed E-state index contributed by atoms with van der Waals surface area (Å²) in [5, 5.41) is 13.1. The summed E-state index contributed by atoms with van der Waals surface area (Å²) < 4.78 is 2.09. The van der Waals surface area contributed by atoms with E-state index in [1.165, 1.54) is 0 Å². The van der Waals surface area contributed by atoms with E-state index in [0.717, 1.165) is 26.9 Å². The molecule has 84 valence electrons. The van der Waals surface area contributed by atoms with Crippen LogP contribution in [0.25, 0.3) is 15.5 Å². The van der Waals surface area contributed by atoms with Crippen LogP contribution in [0.2, 0.25) is 0 Å². The van der Waals surface area contributed by atoms with Crippen LogP contribution in [0.1, 0.15) is 11.4 Å². The molecule has 0 radical (unpaired) electrons. The molecule has 0 saturated carbocycles. The third-order valence-corrected chi connectivity index (χ3v) is 4.45. The van der Waals surface area contributed by atoms with E-state index >= 15 is 0 Å². The van der Waals surface area contributed by atoms with Crippen molar-refractivity contribution in [3.8, 4) is 16.6 Å². The Labute approximate surface area is 107 Å². The normalized spacial score (nSPS) is 10.8. The van der Waals surface area contributed by atoms with E-state index < -0.39 is 0 Å². The monoisotopic (exact) mass is 259 g/mol. The summed E-state index contributed by atoms with van der Waals surface area (Å²) in [6, 6.07) is 6.29. The van der Waals surface area contributed by atoms with Gasteiger partial charge in [-0.05, 0) is 18.4 Å². The first kappa shape index (κ1) is 10.5. The first-order chi connectivity index (χ1) is 8.31. The molecule has 0 N–H and O–H groups in total. The molecule has 3 heterocycles. The van der Waals surface area contributed by atoms with Crippen LogP contribution in [0.5, 0.6) is 0 Å². The third kappa shape index (κ3) is 1.57. The molecule has 3 aromatic heterocycles. The Hall–Kier alpha value is -1.64. The van der Waals surface area contributed by atoms with E-state index in [2.05, 4.69) is 20.8 Å². The van der Waals surface area contributed by atoms with Crippen LogP contribution in [0.3, 0.4) is 0 Å². The Morgan fingerprint density at radius 3 is 3.06 bits per heavy atom. The lowest BCUT2D eigenvalue weighted by molar-refractivity contribution is 1.03. The van der Waals surface area contributed by atoms with Gasteiger partial charge in [0.25, 0.3) is 0 Å².